The van der Waals surface area contributed by atoms with Gasteiger partial charge in [-0.2, -0.15) is 0 Å². The SMILES string of the molecule is Cc1ccc(C2CC3CCC(c4cscn4)(C2)N3)cc1. The van der Waals surface area contributed by atoms with Crippen molar-refractivity contribution < 1.29 is 0 Å². The van der Waals surface area contributed by atoms with Gasteiger partial charge < -0.3 is 5.32 Å². The number of fused-ring (bicyclic) bond motifs is 2. The van der Waals surface area contributed by atoms with E-state index in [2.05, 4.69) is 46.9 Å². The lowest BCUT2D eigenvalue weighted by atomic mass is 9.78. The van der Waals surface area contributed by atoms with Gasteiger partial charge in [0, 0.05) is 11.4 Å². The van der Waals surface area contributed by atoms with Crippen LogP contribution in [0.1, 0.15) is 48.4 Å². The molecule has 104 valence electrons. The van der Waals surface area contributed by atoms with E-state index in [4.69, 9.17) is 0 Å². The first kappa shape index (κ1) is 12.5. The molecule has 2 saturated heterocycles. The van der Waals surface area contributed by atoms with Crippen LogP contribution in [0.5, 0.6) is 0 Å². The largest absolute Gasteiger partial charge is 0.303 e. The van der Waals surface area contributed by atoms with Crippen molar-refractivity contribution in [3.63, 3.8) is 0 Å². The first-order valence-corrected chi connectivity index (χ1v) is 8.42. The maximum absolute atomic E-state index is 4.61. The number of thiazole rings is 1. The third kappa shape index (κ3) is 2.00. The Balaban J connectivity index is 1.66. The average Bonchev–Trinajstić information content (AvgIpc) is 3.09. The van der Waals surface area contributed by atoms with E-state index in [1.54, 1.807) is 11.3 Å². The molecular formula is C17H20N2S. The number of nitrogens with one attached hydrogen (secondary N) is 1. The van der Waals surface area contributed by atoms with Crippen LogP contribution in [0.4, 0.5) is 0 Å². The minimum Gasteiger partial charge on any atom is -0.303 e. The average molecular weight is 284 g/mol. The fourth-order valence-corrected chi connectivity index (χ4v) is 4.64. The summed E-state index contributed by atoms with van der Waals surface area (Å²) in [6, 6.07) is 9.79. The van der Waals surface area contributed by atoms with E-state index in [1.165, 1.54) is 42.5 Å². The fourth-order valence-electron chi connectivity index (χ4n) is 3.99. The van der Waals surface area contributed by atoms with Crippen molar-refractivity contribution in [2.24, 2.45) is 0 Å². The van der Waals surface area contributed by atoms with Gasteiger partial charge in [0.2, 0.25) is 0 Å². The Kier molecular flexibility index (Phi) is 2.93. The number of rotatable bonds is 2. The molecule has 0 amide bonds. The Bertz CT molecular complexity index is 590. The molecule has 0 aliphatic carbocycles. The second kappa shape index (κ2) is 4.68. The van der Waals surface area contributed by atoms with Crippen molar-refractivity contribution in [2.75, 3.05) is 0 Å². The lowest BCUT2D eigenvalue weighted by Crippen LogP contribution is -2.46. The van der Waals surface area contributed by atoms with Gasteiger partial charge in [0.1, 0.15) is 0 Å². The zero-order valence-electron chi connectivity index (χ0n) is 11.8. The van der Waals surface area contributed by atoms with E-state index < -0.39 is 0 Å². The summed E-state index contributed by atoms with van der Waals surface area (Å²) in [7, 11) is 0. The summed E-state index contributed by atoms with van der Waals surface area (Å²) >= 11 is 1.71. The van der Waals surface area contributed by atoms with Crippen molar-refractivity contribution in [1.29, 1.82) is 0 Å². The maximum Gasteiger partial charge on any atom is 0.0795 e. The molecule has 2 nitrogen and oxygen atoms in total. The fraction of sp³-hybridized carbons (Fsp3) is 0.471. The van der Waals surface area contributed by atoms with E-state index >= 15 is 0 Å². The lowest BCUT2D eigenvalue weighted by molar-refractivity contribution is 0.248. The van der Waals surface area contributed by atoms with Crippen molar-refractivity contribution in [2.45, 2.75) is 50.1 Å². The number of nitrogens with zero attached hydrogens (tertiary/aromatic N) is 1. The standard InChI is InChI=1S/C17H20N2S/c1-12-2-4-13(5-3-12)14-8-15-6-7-17(9-14,19-15)16-10-20-11-18-16/h2-5,10-11,14-15,19H,6-9H2,1H3. The van der Waals surface area contributed by atoms with Gasteiger partial charge >= 0.3 is 0 Å². The maximum atomic E-state index is 4.61. The molecule has 2 aliphatic heterocycles. The van der Waals surface area contributed by atoms with Crippen LogP contribution in [0.15, 0.2) is 35.2 Å². The van der Waals surface area contributed by atoms with Gasteiger partial charge in [-0.05, 0) is 44.1 Å². The van der Waals surface area contributed by atoms with Crippen LogP contribution in [0.25, 0.3) is 0 Å². The molecule has 20 heavy (non-hydrogen) atoms. The van der Waals surface area contributed by atoms with Crippen LogP contribution in [0.3, 0.4) is 0 Å². The van der Waals surface area contributed by atoms with Gasteiger partial charge in [0.25, 0.3) is 0 Å². The Morgan fingerprint density at radius 3 is 2.90 bits per heavy atom. The van der Waals surface area contributed by atoms with Crippen molar-refractivity contribution in [3.05, 3.63) is 52.0 Å². The summed E-state index contributed by atoms with van der Waals surface area (Å²) < 4.78 is 0. The number of aryl methyl sites for hydroxylation is 1. The van der Waals surface area contributed by atoms with E-state index in [1.807, 2.05) is 5.51 Å². The number of benzene rings is 1. The summed E-state index contributed by atoms with van der Waals surface area (Å²) in [6.45, 7) is 2.16. The molecule has 1 N–H and O–H groups in total. The van der Waals surface area contributed by atoms with Crippen LogP contribution in [-0.4, -0.2) is 11.0 Å². The summed E-state index contributed by atoms with van der Waals surface area (Å²) in [5, 5.41) is 6.09. The van der Waals surface area contributed by atoms with Gasteiger partial charge in [-0.25, -0.2) is 4.98 Å². The molecule has 0 radical (unpaired) electrons. The van der Waals surface area contributed by atoms with Gasteiger partial charge in [-0.3, -0.25) is 0 Å². The first-order chi connectivity index (χ1) is 9.75. The second-order valence-corrected chi connectivity index (χ2v) is 7.10. The summed E-state index contributed by atoms with van der Waals surface area (Å²) in [5.41, 5.74) is 6.22. The molecule has 2 bridgehead atoms. The van der Waals surface area contributed by atoms with Crippen LogP contribution < -0.4 is 5.32 Å². The zero-order chi connectivity index (χ0) is 13.6. The van der Waals surface area contributed by atoms with Crippen LogP contribution in [-0.2, 0) is 5.54 Å². The quantitative estimate of drug-likeness (QED) is 0.902. The molecule has 3 atom stereocenters. The van der Waals surface area contributed by atoms with E-state index in [9.17, 15) is 0 Å². The highest BCUT2D eigenvalue weighted by Crippen LogP contribution is 2.48. The number of hydrogen-bond acceptors (Lipinski definition) is 3. The molecule has 4 rings (SSSR count). The van der Waals surface area contributed by atoms with Gasteiger partial charge in [0.05, 0.1) is 16.7 Å². The van der Waals surface area contributed by atoms with Crippen LogP contribution >= 0.6 is 11.3 Å². The molecular weight excluding hydrogens is 264 g/mol. The molecule has 2 aliphatic rings. The normalized spacial score (nSPS) is 32.5. The van der Waals surface area contributed by atoms with E-state index in [0.717, 1.165) is 0 Å². The minimum atomic E-state index is 0.137. The molecule has 3 unspecified atom stereocenters. The predicted octanol–water partition coefficient (Wildman–Crippen LogP) is 3.98. The predicted molar refractivity (Wildman–Crippen MR) is 83.1 cm³/mol. The highest BCUT2D eigenvalue weighted by Gasteiger charge is 2.47. The second-order valence-electron chi connectivity index (χ2n) is 6.38. The highest BCUT2D eigenvalue weighted by atomic mass is 32.1. The Hall–Kier alpha value is -1.19. The van der Waals surface area contributed by atoms with Crippen LogP contribution in [0, 0.1) is 6.92 Å². The Morgan fingerprint density at radius 2 is 2.15 bits per heavy atom. The smallest absolute Gasteiger partial charge is 0.0795 e. The number of piperidine rings is 1. The molecule has 0 spiro atoms. The lowest BCUT2D eigenvalue weighted by Gasteiger charge is -2.38. The van der Waals surface area contributed by atoms with Crippen LogP contribution in [0.2, 0.25) is 0 Å². The van der Waals surface area contributed by atoms with Gasteiger partial charge in [-0.1, -0.05) is 29.8 Å². The molecule has 2 fully saturated rings. The first-order valence-electron chi connectivity index (χ1n) is 7.48. The highest BCUT2D eigenvalue weighted by molar-refractivity contribution is 7.07. The van der Waals surface area contributed by atoms with Gasteiger partial charge in [0.15, 0.2) is 0 Å². The molecule has 2 aromatic rings. The summed E-state index contributed by atoms with van der Waals surface area (Å²) in [5.74, 6) is 0.672. The van der Waals surface area contributed by atoms with Crippen molar-refractivity contribution in [3.8, 4) is 0 Å². The molecule has 3 heteroatoms. The summed E-state index contributed by atoms with van der Waals surface area (Å²) in [4.78, 5) is 4.61. The number of aromatic nitrogens is 1. The third-order valence-corrected chi connectivity index (χ3v) is 5.62. The molecule has 1 aromatic carbocycles. The molecule has 1 aromatic heterocycles. The topological polar surface area (TPSA) is 24.9 Å². The zero-order valence-corrected chi connectivity index (χ0v) is 12.6. The van der Waals surface area contributed by atoms with Crippen molar-refractivity contribution >= 4 is 11.3 Å². The molecule has 0 saturated carbocycles. The Labute approximate surface area is 124 Å². The minimum absolute atomic E-state index is 0.137. The monoisotopic (exact) mass is 284 g/mol. The number of hydrogen-bond donors (Lipinski definition) is 1. The van der Waals surface area contributed by atoms with Gasteiger partial charge in [-0.15, -0.1) is 11.3 Å². The van der Waals surface area contributed by atoms with E-state index in [-0.39, 0.29) is 5.54 Å². The molecule has 3 heterocycles. The third-order valence-electron chi connectivity index (χ3n) is 5.04. The summed E-state index contributed by atoms with van der Waals surface area (Å²) in [6.07, 6.45) is 4.99. The Morgan fingerprint density at radius 1 is 1.30 bits per heavy atom. The van der Waals surface area contributed by atoms with Crippen molar-refractivity contribution in [1.82, 2.24) is 10.3 Å². The van der Waals surface area contributed by atoms with E-state index in [0.29, 0.717) is 12.0 Å².